The van der Waals surface area contributed by atoms with Crippen LogP contribution < -0.4 is 10.6 Å². The Labute approximate surface area is 149 Å². The number of hydrogen-bond acceptors (Lipinski definition) is 2. The lowest BCUT2D eigenvalue weighted by atomic mass is 9.92. The number of hydrogen-bond donors (Lipinski definition) is 2. The Kier molecular flexibility index (Phi) is 6.34. The topological polar surface area (TPSA) is 58.2 Å². The van der Waals surface area contributed by atoms with Gasteiger partial charge in [0.2, 0.25) is 5.91 Å². The third-order valence-corrected chi connectivity index (χ3v) is 4.08. The Bertz CT molecular complexity index is 711. The van der Waals surface area contributed by atoms with Gasteiger partial charge in [-0.25, -0.2) is 0 Å². The molecule has 0 aliphatic rings. The van der Waals surface area contributed by atoms with E-state index in [0.717, 1.165) is 16.8 Å². The molecule has 25 heavy (non-hydrogen) atoms. The van der Waals surface area contributed by atoms with E-state index in [9.17, 15) is 9.59 Å². The number of carbonyl (C=O) groups is 2. The highest BCUT2D eigenvalue weighted by Crippen LogP contribution is 2.32. The fourth-order valence-electron chi connectivity index (χ4n) is 2.73. The maximum Gasteiger partial charge on any atom is 0.251 e. The van der Waals surface area contributed by atoms with Crippen LogP contribution in [0.4, 0.5) is 5.69 Å². The Balaban J connectivity index is 2.09. The SMILES string of the molecule is CC(C)c1cccc(C(C)C)c1NC(=O)CNC(=O)c1ccccc1. The minimum atomic E-state index is -0.253. The van der Waals surface area contributed by atoms with Gasteiger partial charge in [0.25, 0.3) is 5.91 Å². The molecule has 0 aromatic heterocycles. The third-order valence-electron chi connectivity index (χ3n) is 4.08. The zero-order chi connectivity index (χ0) is 18.4. The van der Waals surface area contributed by atoms with Crippen molar-refractivity contribution in [2.24, 2.45) is 0 Å². The molecule has 0 saturated carbocycles. The molecule has 0 heterocycles. The van der Waals surface area contributed by atoms with E-state index < -0.39 is 0 Å². The van der Waals surface area contributed by atoms with Crippen molar-refractivity contribution in [3.8, 4) is 0 Å². The smallest absolute Gasteiger partial charge is 0.251 e. The van der Waals surface area contributed by atoms with Crippen LogP contribution in [-0.4, -0.2) is 18.4 Å². The molecule has 0 unspecified atom stereocenters. The zero-order valence-electron chi connectivity index (χ0n) is 15.3. The van der Waals surface area contributed by atoms with Crippen LogP contribution in [0.1, 0.15) is 61.0 Å². The third kappa shape index (κ3) is 4.92. The zero-order valence-corrected chi connectivity index (χ0v) is 15.3. The lowest BCUT2D eigenvalue weighted by molar-refractivity contribution is -0.115. The summed E-state index contributed by atoms with van der Waals surface area (Å²) in [5.74, 6) is 0.122. The molecule has 2 N–H and O–H groups in total. The van der Waals surface area contributed by atoms with Gasteiger partial charge in [-0.3, -0.25) is 9.59 Å². The van der Waals surface area contributed by atoms with Crippen molar-refractivity contribution in [1.82, 2.24) is 5.32 Å². The fourth-order valence-corrected chi connectivity index (χ4v) is 2.73. The second-order valence-electron chi connectivity index (χ2n) is 6.72. The van der Waals surface area contributed by atoms with Crippen molar-refractivity contribution in [3.05, 3.63) is 65.2 Å². The van der Waals surface area contributed by atoms with E-state index >= 15 is 0 Å². The lowest BCUT2D eigenvalue weighted by Gasteiger charge is -2.20. The van der Waals surface area contributed by atoms with Crippen LogP contribution in [0.2, 0.25) is 0 Å². The van der Waals surface area contributed by atoms with Crippen LogP contribution in [-0.2, 0) is 4.79 Å². The average Bonchev–Trinajstić information content (AvgIpc) is 2.60. The molecule has 0 radical (unpaired) electrons. The highest BCUT2D eigenvalue weighted by molar-refractivity contribution is 5.99. The molecule has 2 aromatic carbocycles. The van der Waals surface area contributed by atoms with E-state index in [0.29, 0.717) is 17.4 Å². The summed E-state index contributed by atoms with van der Waals surface area (Å²) in [5, 5.41) is 5.66. The molecule has 2 amide bonds. The van der Waals surface area contributed by atoms with Crippen LogP contribution in [0.3, 0.4) is 0 Å². The second kappa shape index (κ2) is 8.47. The van der Waals surface area contributed by atoms with Crippen molar-refractivity contribution >= 4 is 17.5 Å². The molecule has 2 aromatic rings. The summed E-state index contributed by atoms with van der Waals surface area (Å²) in [6.45, 7) is 8.36. The van der Waals surface area contributed by atoms with Crippen molar-refractivity contribution < 1.29 is 9.59 Å². The Morgan fingerprint density at radius 1 is 0.840 bits per heavy atom. The van der Waals surface area contributed by atoms with Gasteiger partial charge in [0, 0.05) is 11.3 Å². The van der Waals surface area contributed by atoms with E-state index in [4.69, 9.17) is 0 Å². The van der Waals surface area contributed by atoms with Crippen molar-refractivity contribution in [1.29, 1.82) is 0 Å². The summed E-state index contributed by atoms with van der Waals surface area (Å²) >= 11 is 0. The lowest BCUT2D eigenvalue weighted by Crippen LogP contribution is -2.33. The summed E-state index contributed by atoms with van der Waals surface area (Å²) in [6.07, 6.45) is 0. The van der Waals surface area contributed by atoms with Gasteiger partial charge in [0.05, 0.1) is 6.54 Å². The minimum Gasteiger partial charge on any atom is -0.343 e. The van der Waals surface area contributed by atoms with Crippen LogP contribution in [0, 0.1) is 0 Å². The first-order valence-electron chi connectivity index (χ1n) is 8.66. The van der Waals surface area contributed by atoms with Gasteiger partial charge in [0.1, 0.15) is 0 Å². The summed E-state index contributed by atoms with van der Waals surface area (Å²) in [5.41, 5.74) is 3.62. The molecule has 132 valence electrons. The maximum atomic E-state index is 12.4. The molecule has 2 rings (SSSR count). The molecule has 4 nitrogen and oxygen atoms in total. The Hall–Kier alpha value is -2.62. The molecular formula is C21H26N2O2. The summed E-state index contributed by atoms with van der Waals surface area (Å²) in [7, 11) is 0. The fraction of sp³-hybridized carbons (Fsp3) is 0.333. The van der Waals surface area contributed by atoms with Gasteiger partial charge >= 0.3 is 0 Å². The maximum absolute atomic E-state index is 12.4. The minimum absolute atomic E-state index is 0.0578. The molecule has 0 atom stereocenters. The standard InChI is InChI=1S/C21H26N2O2/c1-14(2)17-11-8-12-18(15(3)4)20(17)23-19(24)13-22-21(25)16-9-6-5-7-10-16/h5-12,14-15H,13H2,1-4H3,(H,22,25)(H,23,24). The quantitative estimate of drug-likeness (QED) is 0.825. The predicted molar refractivity (Wildman–Crippen MR) is 102 cm³/mol. The summed E-state index contributed by atoms with van der Waals surface area (Å²) < 4.78 is 0. The molecule has 0 fully saturated rings. The number of amides is 2. The average molecular weight is 338 g/mol. The molecule has 0 saturated heterocycles. The van der Waals surface area contributed by atoms with Crippen LogP contribution >= 0.6 is 0 Å². The van der Waals surface area contributed by atoms with Crippen molar-refractivity contribution in [2.75, 3.05) is 11.9 Å². The molecule has 0 bridgehead atoms. The number of anilines is 1. The summed E-state index contributed by atoms with van der Waals surface area (Å²) in [4.78, 5) is 24.4. The van der Waals surface area contributed by atoms with E-state index in [1.807, 2.05) is 24.3 Å². The summed E-state index contributed by atoms with van der Waals surface area (Å²) in [6, 6.07) is 15.0. The number of rotatable bonds is 6. The van der Waals surface area contributed by atoms with Gasteiger partial charge in [-0.05, 0) is 35.1 Å². The number of para-hydroxylation sites is 1. The molecule has 4 heteroatoms. The van der Waals surface area contributed by atoms with Crippen molar-refractivity contribution in [3.63, 3.8) is 0 Å². The largest absolute Gasteiger partial charge is 0.343 e. The first kappa shape index (κ1) is 18.7. The van der Waals surface area contributed by atoms with Crippen LogP contribution in [0.25, 0.3) is 0 Å². The van der Waals surface area contributed by atoms with Gasteiger partial charge in [-0.1, -0.05) is 64.1 Å². The predicted octanol–water partition coefficient (Wildman–Crippen LogP) is 4.30. The van der Waals surface area contributed by atoms with Gasteiger partial charge in [0.15, 0.2) is 0 Å². The van der Waals surface area contributed by atoms with Crippen LogP contribution in [0.15, 0.2) is 48.5 Å². The van der Waals surface area contributed by atoms with E-state index in [1.54, 1.807) is 24.3 Å². The van der Waals surface area contributed by atoms with Gasteiger partial charge in [-0.2, -0.15) is 0 Å². The number of nitrogens with one attached hydrogen (secondary N) is 2. The van der Waals surface area contributed by atoms with Crippen LogP contribution in [0.5, 0.6) is 0 Å². The first-order chi connectivity index (χ1) is 11.9. The van der Waals surface area contributed by atoms with Gasteiger partial charge < -0.3 is 10.6 Å². The molecular weight excluding hydrogens is 312 g/mol. The van der Waals surface area contributed by atoms with E-state index in [-0.39, 0.29) is 18.4 Å². The second-order valence-corrected chi connectivity index (χ2v) is 6.72. The highest BCUT2D eigenvalue weighted by Gasteiger charge is 2.16. The molecule has 0 aliphatic heterocycles. The highest BCUT2D eigenvalue weighted by atomic mass is 16.2. The Morgan fingerprint density at radius 3 is 1.92 bits per heavy atom. The normalized spacial score (nSPS) is 10.8. The van der Waals surface area contributed by atoms with Crippen molar-refractivity contribution in [2.45, 2.75) is 39.5 Å². The number of carbonyl (C=O) groups excluding carboxylic acids is 2. The molecule has 0 aliphatic carbocycles. The number of benzene rings is 2. The monoisotopic (exact) mass is 338 g/mol. The van der Waals surface area contributed by atoms with E-state index in [2.05, 4.69) is 38.3 Å². The molecule has 0 spiro atoms. The first-order valence-corrected chi connectivity index (χ1v) is 8.66. The van der Waals surface area contributed by atoms with Gasteiger partial charge in [-0.15, -0.1) is 0 Å². The van der Waals surface area contributed by atoms with E-state index in [1.165, 1.54) is 0 Å². The Morgan fingerprint density at radius 2 is 1.40 bits per heavy atom.